The number of hydrogen-bond donors (Lipinski definition) is 1. The molecule has 16 heavy (non-hydrogen) atoms. The minimum Gasteiger partial charge on any atom is -0.225 e. The Bertz CT molecular complexity index is 621. The third kappa shape index (κ3) is 2.82. The molecule has 2 N–H and O–H groups in total. The fourth-order valence-electron chi connectivity index (χ4n) is 1.03. The predicted octanol–water partition coefficient (Wildman–Crippen LogP) is -0.259. The van der Waals surface area contributed by atoms with Gasteiger partial charge in [0.1, 0.15) is 5.75 Å². The molecule has 0 aliphatic carbocycles. The van der Waals surface area contributed by atoms with Crippen molar-refractivity contribution in [3.63, 3.8) is 0 Å². The highest BCUT2D eigenvalue weighted by molar-refractivity contribution is 7.91. The first-order valence-electron chi connectivity index (χ1n) is 4.06. The topological polar surface area (TPSA) is 94.3 Å². The van der Waals surface area contributed by atoms with Gasteiger partial charge in [-0.05, 0) is 24.3 Å². The van der Waals surface area contributed by atoms with Crippen LogP contribution in [-0.4, -0.2) is 22.6 Å². The van der Waals surface area contributed by atoms with Gasteiger partial charge in [0.25, 0.3) is 0 Å². The number of nitrogens with two attached hydrogens (primary N) is 1. The van der Waals surface area contributed by atoms with Crippen molar-refractivity contribution >= 4 is 19.9 Å². The van der Waals surface area contributed by atoms with E-state index in [2.05, 4.69) is 0 Å². The van der Waals surface area contributed by atoms with Gasteiger partial charge >= 0.3 is 0 Å². The highest BCUT2D eigenvalue weighted by Gasteiger charge is 2.14. The number of primary sulfonamides is 1. The zero-order valence-electron chi connectivity index (χ0n) is 8.12. The van der Waals surface area contributed by atoms with E-state index < -0.39 is 25.6 Å². The van der Waals surface area contributed by atoms with Crippen LogP contribution in [0.3, 0.4) is 0 Å². The second kappa shape index (κ2) is 4.25. The first kappa shape index (κ1) is 12.7. The number of benzene rings is 1. The van der Waals surface area contributed by atoms with Crippen LogP contribution < -0.4 is 5.14 Å². The molecule has 1 aromatic rings. The van der Waals surface area contributed by atoms with E-state index in [9.17, 15) is 16.8 Å². The van der Waals surface area contributed by atoms with Crippen molar-refractivity contribution < 1.29 is 16.8 Å². The molecule has 1 aromatic carbocycles. The van der Waals surface area contributed by atoms with Crippen LogP contribution in [-0.2, 0) is 19.9 Å². The molecule has 5 nitrogen and oxygen atoms in total. The lowest BCUT2D eigenvalue weighted by Gasteiger charge is -2.02. The molecule has 0 unspecified atom stereocenters. The quantitative estimate of drug-likeness (QED) is 0.757. The Hall–Kier alpha value is -1.36. The molecule has 0 amide bonds. The molecule has 0 aliphatic rings. The van der Waals surface area contributed by atoms with Crippen molar-refractivity contribution in [2.45, 2.75) is 9.79 Å². The zero-order chi connectivity index (χ0) is 12.4. The maximum atomic E-state index is 11.5. The summed E-state index contributed by atoms with van der Waals surface area (Å²) >= 11 is 0. The summed E-state index contributed by atoms with van der Waals surface area (Å²) in [4.78, 5) is -0.176. The zero-order valence-corrected chi connectivity index (χ0v) is 9.75. The number of sulfone groups is 1. The van der Waals surface area contributed by atoms with Gasteiger partial charge in [0, 0.05) is 0 Å². The molecule has 0 spiro atoms. The van der Waals surface area contributed by atoms with Gasteiger partial charge in [-0.25, -0.2) is 22.0 Å². The Morgan fingerprint density at radius 1 is 1.06 bits per heavy atom. The molecule has 0 atom stereocenters. The van der Waals surface area contributed by atoms with Crippen molar-refractivity contribution in [2.24, 2.45) is 5.14 Å². The number of hydrogen-bond acceptors (Lipinski definition) is 4. The van der Waals surface area contributed by atoms with Crippen molar-refractivity contribution in [3.05, 3.63) is 24.3 Å². The highest BCUT2D eigenvalue weighted by atomic mass is 32.2. The lowest BCUT2D eigenvalue weighted by atomic mass is 10.4. The van der Waals surface area contributed by atoms with Crippen LogP contribution >= 0.6 is 0 Å². The minimum atomic E-state index is -3.81. The Morgan fingerprint density at radius 2 is 1.50 bits per heavy atom. The molecular formula is C9H9NO4S2. The van der Waals surface area contributed by atoms with Crippen LogP contribution in [0, 0.1) is 12.3 Å². The predicted molar refractivity (Wildman–Crippen MR) is 58.7 cm³/mol. The number of rotatable bonds is 3. The monoisotopic (exact) mass is 259 g/mol. The van der Waals surface area contributed by atoms with Crippen molar-refractivity contribution in [2.75, 3.05) is 5.75 Å². The van der Waals surface area contributed by atoms with Crippen LogP contribution in [0.1, 0.15) is 0 Å². The average molecular weight is 259 g/mol. The van der Waals surface area contributed by atoms with E-state index in [-0.39, 0.29) is 9.79 Å². The molecule has 0 radical (unpaired) electrons. The molecular weight excluding hydrogens is 250 g/mol. The van der Waals surface area contributed by atoms with E-state index in [1.165, 1.54) is 0 Å². The normalized spacial score (nSPS) is 12.0. The fourth-order valence-corrected chi connectivity index (χ4v) is 2.48. The summed E-state index contributed by atoms with van der Waals surface area (Å²) < 4.78 is 44.8. The van der Waals surface area contributed by atoms with Gasteiger partial charge in [-0.1, -0.05) is 5.92 Å². The molecule has 0 saturated carbocycles. The van der Waals surface area contributed by atoms with Crippen LogP contribution in [0.2, 0.25) is 0 Å². The molecule has 0 aromatic heterocycles. The average Bonchev–Trinajstić information content (AvgIpc) is 2.16. The van der Waals surface area contributed by atoms with Crippen molar-refractivity contribution in [1.82, 2.24) is 0 Å². The Kier molecular flexibility index (Phi) is 3.38. The summed E-state index contributed by atoms with van der Waals surface area (Å²) in [6.45, 7) is 0. The highest BCUT2D eigenvalue weighted by Crippen LogP contribution is 2.14. The van der Waals surface area contributed by atoms with Crippen molar-refractivity contribution in [3.8, 4) is 12.3 Å². The molecule has 0 saturated heterocycles. The summed E-state index contributed by atoms with van der Waals surface area (Å²) in [7, 11) is -7.36. The van der Waals surface area contributed by atoms with Crippen LogP contribution in [0.15, 0.2) is 34.1 Å². The van der Waals surface area contributed by atoms with Gasteiger partial charge in [0.05, 0.1) is 9.79 Å². The van der Waals surface area contributed by atoms with Gasteiger partial charge < -0.3 is 0 Å². The molecule has 0 aliphatic heterocycles. The summed E-state index contributed by atoms with van der Waals surface area (Å²) in [5.41, 5.74) is 0. The van der Waals surface area contributed by atoms with Crippen LogP contribution in [0.25, 0.3) is 0 Å². The third-order valence-electron chi connectivity index (χ3n) is 1.78. The first-order valence-corrected chi connectivity index (χ1v) is 7.26. The minimum absolute atomic E-state index is 0.0298. The van der Waals surface area contributed by atoms with E-state index in [1.807, 2.05) is 5.92 Å². The Morgan fingerprint density at radius 3 is 1.88 bits per heavy atom. The molecule has 0 bridgehead atoms. The fraction of sp³-hybridized carbons (Fsp3) is 0.111. The summed E-state index contributed by atoms with van der Waals surface area (Å²) in [5.74, 6) is 1.59. The summed E-state index contributed by atoms with van der Waals surface area (Å²) in [6, 6.07) is 4.57. The molecule has 0 heterocycles. The summed E-state index contributed by atoms with van der Waals surface area (Å²) in [6.07, 6.45) is 4.91. The van der Waals surface area contributed by atoms with E-state index in [1.54, 1.807) is 0 Å². The van der Waals surface area contributed by atoms with E-state index in [4.69, 9.17) is 11.6 Å². The molecule has 7 heteroatoms. The van der Waals surface area contributed by atoms with Crippen molar-refractivity contribution in [1.29, 1.82) is 0 Å². The van der Waals surface area contributed by atoms with Gasteiger partial charge in [-0.3, -0.25) is 0 Å². The molecule has 0 fully saturated rings. The second-order valence-corrected chi connectivity index (χ2v) is 6.53. The van der Waals surface area contributed by atoms with Gasteiger partial charge in [-0.15, -0.1) is 6.42 Å². The lowest BCUT2D eigenvalue weighted by Crippen LogP contribution is -2.12. The Labute approximate surface area is 94.3 Å². The largest absolute Gasteiger partial charge is 0.238 e. The van der Waals surface area contributed by atoms with Crippen LogP contribution in [0.5, 0.6) is 0 Å². The van der Waals surface area contributed by atoms with Gasteiger partial charge in [0.2, 0.25) is 10.0 Å². The SMILES string of the molecule is C#CCS(=O)(=O)c1ccc(S(N)(=O)=O)cc1. The number of terminal acetylenes is 1. The third-order valence-corrected chi connectivity index (χ3v) is 4.25. The first-order chi connectivity index (χ1) is 7.27. The van der Waals surface area contributed by atoms with Gasteiger partial charge in [-0.2, -0.15) is 0 Å². The maximum Gasteiger partial charge on any atom is 0.238 e. The summed E-state index contributed by atoms with van der Waals surface area (Å²) in [5, 5.41) is 4.86. The molecule has 1 rings (SSSR count). The smallest absolute Gasteiger partial charge is 0.225 e. The van der Waals surface area contributed by atoms with E-state index >= 15 is 0 Å². The second-order valence-electron chi connectivity index (χ2n) is 2.98. The number of sulfonamides is 1. The van der Waals surface area contributed by atoms with Crippen LogP contribution in [0.4, 0.5) is 0 Å². The molecule has 86 valence electrons. The van der Waals surface area contributed by atoms with E-state index in [0.717, 1.165) is 24.3 Å². The van der Waals surface area contributed by atoms with Gasteiger partial charge in [0.15, 0.2) is 9.84 Å². The lowest BCUT2D eigenvalue weighted by molar-refractivity contribution is 0.594. The maximum absolute atomic E-state index is 11.5. The van der Waals surface area contributed by atoms with E-state index in [0.29, 0.717) is 0 Å². The Balaban J connectivity index is 3.21. The standard InChI is InChI=1S/C9H9NO4S2/c1-2-7-15(11,12)8-3-5-9(6-4-8)16(10,13)14/h1,3-6H,7H2,(H2,10,13,14).